The summed E-state index contributed by atoms with van der Waals surface area (Å²) >= 11 is 1.68. The Balaban J connectivity index is 1.45. The molecule has 2 N–H and O–H groups in total. The first kappa shape index (κ1) is 21.2. The number of tetrazole rings is 1. The molecule has 3 saturated heterocycles. The van der Waals surface area contributed by atoms with Crippen molar-refractivity contribution in [3.8, 4) is 5.75 Å². The largest absolute Gasteiger partial charge is 0.496 e. The van der Waals surface area contributed by atoms with Crippen LogP contribution in [-0.4, -0.2) is 71.2 Å². The van der Waals surface area contributed by atoms with Crippen LogP contribution in [0.25, 0.3) is 0 Å². The van der Waals surface area contributed by atoms with Gasteiger partial charge in [-0.25, -0.2) is 5.10 Å². The van der Waals surface area contributed by atoms with Crippen molar-refractivity contribution in [1.82, 2.24) is 35.7 Å². The molecule has 0 saturated carbocycles. The van der Waals surface area contributed by atoms with Gasteiger partial charge < -0.3 is 14.5 Å². The number of benzene rings is 1. The summed E-state index contributed by atoms with van der Waals surface area (Å²) in [5, 5.41) is 17.5. The van der Waals surface area contributed by atoms with Crippen LogP contribution >= 0.6 is 11.8 Å². The van der Waals surface area contributed by atoms with E-state index in [9.17, 15) is 9.59 Å². The minimum absolute atomic E-state index is 0.0794. The number of aromatic nitrogens is 4. The van der Waals surface area contributed by atoms with Crippen molar-refractivity contribution in [3.05, 3.63) is 35.2 Å². The summed E-state index contributed by atoms with van der Waals surface area (Å²) in [6.07, 6.45) is 0. The molecule has 2 aromatic rings. The number of fused-ring (bicyclic) bond motifs is 1. The molecule has 3 aliphatic rings. The molecule has 170 valence electrons. The normalized spacial score (nSPS) is 30.4. The Morgan fingerprint density at radius 1 is 1.16 bits per heavy atom. The number of aryl methyl sites for hydroxylation is 1. The summed E-state index contributed by atoms with van der Waals surface area (Å²) in [6, 6.07) is 4.39. The second-order valence-electron chi connectivity index (χ2n) is 9.56. The molecule has 0 radical (unpaired) electrons. The van der Waals surface area contributed by atoms with Gasteiger partial charge in [0.25, 0.3) is 0 Å². The van der Waals surface area contributed by atoms with E-state index in [0.717, 1.165) is 16.9 Å². The molecule has 1 aromatic carbocycles. The molecule has 11 heteroatoms. The second kappa shape index (κ2) is 6.92. The summed E-state index contributed by atoms with van der Waals surface area (Å²) in [7, 11) is 1.63. The first-order valence-electron chi connectivity index (χ1n) is 10.6. The van der Waals surface area contributed by atoms with Crippen LogP contribution in [0.5, 0.6) is 5.75 Å². The Morgan fingerprint density at radius 3 is 2.53 bits per heavy atom. The van der Waals surface area contributed by atoms with Crippen LogP contribution in [0.4, 0.5) is 0 Å². The summed E-state index contributed by atoms with van der Waals surface area (Å²) in [5.41, 5.74) is 1.13. The first-order valence-corrected chi connectivity index (χ1v) is 11.4. The SMILES string of the molecule is COc1ccc(C2NC(C)(C)N(C3C(=O)N4C(c5nnn[nH]5)C(C)(C)S[C@@H]34)C2=O)cc1C. The van der Waals surface area contributed by atoms with Crippen molar-refractivity contribution in [2.45, 2.75) is 68.5 Å². The molecule has 2 amide bonds. The van der Waals surface area contributed by atoms with E-state index in [1.807, 2.05) is 43.9 Å². The number of methoxy groups -OCH3 is 1. The number of carbonyl (C=O) groups excluding carboxylic acids is 2. The number of hydrogen-bond acceptors (Lipinski definition) is 8. The van der Waals surface area contributed by atoms with E-state index in [-0.39, 0.29) is 28.0 Å². The lowest BCUT2D eigenvalue weighted by Crippen LogP contribution is -2.71. The van der Waals surface area contributed by atoms with E-state index in [2.05, 4.69) is 39.8 Å². The van der Waals surface area contributed by atoms with Crippen LogP contribution in [0.3, 0.4) is 0 Å². The molecule has 1 aromatic heterocycles. The Hall–Kier alpha value is -2.66. The highest BCUT2D eigenvalue weighted by molar-refractivity contribution is 8.01. The van der Waals surface area contributed by atoms with Crippen LogP contribution in [0.15, 0.2) is 18.2 Å². The molecule has 32 heavy (non-hydrogen) atoms. The predicted molar refractivity (Wildman–Crippen MR) is 118 cm³/mol. The zero-order valence-corrected chi connectivity index (χ0v) is 19.7. The van der Waals surface area contributed by atoms with Gasteiger partial charge in [0, 0.05) is 4.75 Å². The van der Waals surface area contributed by atoms with Gasteiger partial charge in [-0.2, -0.15) is 0 Å². The lowest BCUT2D eigenvalue weighted by molar-refractivity contribution is -0.165. The third-order valence-corrected chi connectivity index (χ3v) is 8.21. The van der Waals surface area contributed by atoms with Crippen molar-refractivity contribution >= 4 is 23.6 Å². The molecule has 3 aliphatic heterocycles. The number of rotatable bonds is 4. The number of carbonyl (C=O) groups is 2. The number of nitrogens with zero attached hydrogens (tertiary/aromatic N) is 5. The van der Waals surface area contributed by atoms with Crippen LogP contribution in [-0.2, 0) is 9.59 Å². The molecule has 0 spiro atoms. The van der Waals surface area contributed by atoms with E-state index in [4.69, 9.17) is 4.74 Å². The average molecular weight is 458 g/mol. The van der Waals surface area contributed by atoms with E-state index in [0.29, 0.717) is 5.82 Å². The van der Waals surface area contributed by atoms with Gasteiger partial charge in [0.1, 0.15) is 29.2 Å². The smallest absolute Gasteiger partial charge is 0.250 e. The number of aromatic amines is 1. The number of H-pyrrole nitrogens is 1. The van der Waals surface area contributed by atoms with Gasteiger partial charge in [-0.15, -0.1) is 16.9 Å². The molecule has 3 unspecified atom stereocenters. The van der Waals surface area contributed by atoms with Crippen molar-refractivity contribution in [2.24, 2.45) is 0 Å². The van der Waals surface area contributed by atoms with Gasteiger partial charge in [-0.05, 0) is 62.2 Å². The molecular formula is C21H27N7O3S. The van der Waals surface area contributed by atoms with Gasteiger partial charge in [0.15, 0.2) is 5.82 Å². The third kappa shape index (κ3) is 2.87. The molecule has 0 bridgehead atoms. The van der Waals surface area contributed by atoms with Gasteiger partial charge in [0.2, 0.25) is 11.8 Å². The standard InChI is InChI=1S/C21H27N7O3S/c1-10-9-11(7-8-12(10)31-6)13-17(29)28(21(4,5)22-13)14-18(30)27-15(16-23-25-26-24-16)20(2,3)32-19(14)27/h7-9,13-15,19,22H,1-6H3,(H,23,24,25,26)/t13?,14?,15?,19-/m0/s1. The van der Waals surface area contributed by atoms with Crippen molar-refractivity contribution in [3.63, 3.8) is 0 Å². The van der Waals surface area contributed by atoms with Crippen LogP contribution in [0.2, 0.25) is 0 Å². The quantitative estimate of drug-likeness (QED) is 0.664. The maximum Gasteiger partial charge on any atom is 0.250 e. The monoisotopic (exact) mass is 457 g/mol. The summed E-state index contributed by atoms with van der Waals surface area (Å²) in [6.45, 7) is 9.99. The summed E-state index contributed by atoms with van der Waals surface area (Å²) < 4.78 is 5.05. The van der Waals surface area contributed by atoms with Gasteiger partial charge in [-0.1, -0.05) is 12.1 Å². The minimum atomic E-state index is -0.682. The summed E-state index contributed by atoms with van der Waals surface area (Å²) in [4.78, 5) is 30.6. The summed E-state index contributed by atoms with van der Waals surface area (Å²) in [5.74, 6) is 1.16. The molecule has 5 rings (SSSR count). The Morgan fingerprint density at radius 2 is 1.91 bits per heavy atom. The van der Waals surface area contributed by atoms with Gasteiger partial charge in [-0.3, -0.25) is 14.9 Å². The highest BCUT2D eigenvalue weighted by Gasteiger charge is 2.67. The Labute approximate surface area is 190 Å². The van der Waals surface area contributed by atoms with E-state index >= 15 is 0 Å². The number of ether oxygens (including phenoxy) is 1. The van der Waals surface area contributed by atoms with Crippen molar-refractivity contribution in [2.75, 3.05) is 7.11 Å². The topological polar surface area (TPSA) is 116 Å². The van der Waals surface area contributed by atoms with Gasteiger partial charge >= 0.3 is 0 Å². The molecule has 4 heterocycles. The molecular weight excluding hydrogens is 430 g/mol. The van der Waals surface area contributed by atoms with Crippen LogP contribution in [0, 0.1) is 6.92 Å². The Kier molecular flexibility index (Phi) is 4.58. The van der Waals surface area contributed by atoms with Crippen molar-refractivity contribution < 1.29 is 14.3 Å². The maximum atomic E-state index is 13.6. The average Bonchev–Trinajstić information content (AvgIpc) is 3.39. The number of nitrogens with one attached hydrogen (secondary N) is 2. The number of amides is 2. The highest BCUT2D eigenvalue weighted by Crippen LogP contribution is 2.58. The maximum absolute atomic E-state index is 13.6. The van der Waals surface area contributed by atoms with E-state index in [1.54, 1.807) is 23.8 Å². The van der Waals surface area contributed by atoms with Gasteiger partial charge in [0.05, 0.1) is 12.8 Å². The predicted octanol–water partition coefficient (Wildman–Crippen LogP) is 1.53. The van der Waals surface area contributed by atoms with Crippen LogP contribution < -0.4 is 10.1 Å². The lowest BCUT2D eigenvalue weighted by Gasteiger charge is -2.50. The third-order valence-electron chi connectivity index (χ3n) is 6.65. The van der Waals surface area contributed by atoms with E-state index < -0.39 is 17.7 Å². The number of β-lactam (4-membered cyclic amide) rings is 1. The first-order chi connectivity index (χ1) is 15.1. The fraction of sp³-hybridized carbons (Fsp3) is 0.571. The zero-order valence-electron chi connectivity index (χ0n) is 18.9. The van der Waals surface area contributed by atoms with E-state index in [1.165, 1.54) is 0 Å². The Bertz CT molecular complexity index is 1090. The molecule has 0 aliphatic carbocycles. The zero-order chi connectivity index (χ0) is 23.0. The number of hydrogen-bond donors (Lipinski definition) is 2. The fourth-order valence-electron chi connectivity index (χ4n) is 5.25. The molecule has 4 atom stereocenters. The molecule has 3 fully saturated rings. The number of thioether (sulfide) groups is 1. The van der Waals surface area contributed by atoms with Crippen LogP contribution in [0.1, 0.15) is 56.7 Å². The minimum Gasteiger partial charge on any atom is -0.496 e. The highest BCUT2D eigenvalue weighted by atomic mass is 32.2. The lowest BCUT2D eigenvalue weighted by atomic mass is 9.93. The van der Waals surface area contributed by atoms with Crippen molar-refractivity contribution in [1.29, 1.82) is 0 Å². The fourth-order valence-corrected chi connectivity index (χ4v) is 6.93. The second-order valence-corrected chi connectivity index (χ2v) is 11.3. The molecule has 10 nitrogen and oxygen atoms in total.